The Morgan fingerprint density at radius 1 is 1.25 bits per heavy atom. The molecule has 1 aromatic carbocycles. The molecule has 0 atom stereocenters. The molecule has 0 spiro atoms. The van der Waals surface area contributed by atoms with Gasteiger partial charge in [-0.3, -0.25) is 0 Å². The Kier molecular flexibility index (Phi) is 2.63. The summed E-state index contributed by atoms with van der Waals surface area (Å²) in [5.74, 6) is -0.426. The van der Waals surface area contributed by atoms with E-state index in [-0.39, 0.29) is 15.8 Å². The Bertz CT molecular complexity index is 538. The normalized spacial score (nSPS) is 12.1. The third kappa shape index (κ3) is 2.33. The van der Waals surface area contributed by atoms with Crippen LogP contribution in [-0.2, 0) is 0 Å². The Hall–Kier alpha value is -1.14. The highest BCUT2D eigenvalue weighted by atomic mass is 35.5. The molecule has 0 bridgehead atoms. The fourth-order valence-electron chi connectivity index (χ4n) is 1.21. The molecule has 0 aliphatic rings. The maximum absolute atomic E-state index is 12.0. The number of imidazole rings is 1. The van der Waals surface area contributed by atoms with Gasteiger partial charge in [-0.05, 0) is 11.6 Å². The molecule has 8 heteroatoms. The molecule has 86 valence electrons. The Morgan fingerprint density at radius 2 is 1.94 bits per heavy atom. The number of aromatic amines is 1. The quantitative estimate of drug-likeness (QED) is 0.857. The zero-order valence-electron chi connectivity index (χ0n) is 7.40. The van der Waals surface area contributed by atoms with Gasteiger partial charge in [-0.2, -0.15) is 0 Å². The van der Waals surface area contributed by atoms with Crippen molar-refractivity contribution < 1.29 is 17.9 Å². The van der Waals surface area contributed by atoms with Gasteiger partial charge in [-0.1, -0.05) is 11.6 Å². The van der Waals surface area contributed by atoms with E-state index >= 15 is 0 Å². The molecule has 2 aromatic rings. The summed E-state index contributed by atoms with van der Waals surface area (Å²) in [6, 6.07) is 2.14. The number of fused-ring (bicyclic) bond motifs is 1. The van der Waals surface area contributed by atoms with E-state index in [0.29, 0.717) is 5.52 Å². The van der Waals surface area contributed by atoms with Gasteiger partial charge in [-0.15, -0.1) is 13.2 Å². The summed E-state index contributed by atoms with van der Waals surface area (Å²) in [6.07, 6.45) is -4.76. The van der Waals surface area contributed by atoms with Gasteiger partial charge < -0.3 is 9.72 Å². The van der Waals surface area contributed by atoms with Crippen LogP contribution in [-0.4, -0.2) is 16.3 Å². The van der Waals surface area contributed by atoms with E-state index in [9.17, 15) is 13.2 Å². The summed E-state index contributed by atoms with van der Waals surface area (Å²) >= 11 is 11.3. The third-order valence-electron chi connectivity index (χ3n) is 1.72. The van der Waals surface area contributed by atoms with Gasteiger partial charge in [0.05, 0.1) is 10.5 Å². The lowest BCUT2D eigenvalue weighted by atomic mass is 10.3. The van der Waals surface area contributed by atoms with E-state index in [1.165, 1.54) is 0 Å². The first-order valence-corrected chi connectivity index (χ1v) is 4.71. The summed E-state index contributed by atoms with van der Waals surface area (Å²) in [7, 11) is 0. The smallest absolute Gasteiger partial charge is 0.406 e. The number of ether oxygens (including phenoxy) is 1. The third-order valence-corrected chi connectivity index (χ3v) is 2.19. The first-order valence-electron chi connectivity index (χ1n) is 3.96. The minimum atomic E-state index is -4.76. The molecule has 1 aromatic heterocycles. The molecule has 1 heterocycles. The maximum Gasteiger partial charge on any atom is 0.573 e. The van der Waals surface area contributed by atoms with Gasteiger partial charge in [0, 0.05) is 12.1 Å². The fourth-order valence-corrected chi connectivity index (χ4v) is 1.65. The number of nitrogens with zero attached hydrogens (tertiary/aromatic N) is 1. The van der Waals surface area contributed by atoms with Crippen molar-refractivity contribution in [3.63, 3.8) is 0 Å². The van der Waals surface area contributed by atoms with Crippen LogP contribution in [0.3, 0.4) is 0 Å². The van der Waals surface area contributed by atoms with Crippen LogP contribution >= 0.6 is 23.2 Å². The van der Waals surface area contributed by atoms with Crippen molar-refractivity contribution in [1.29, 1.82) is 0 Å². The Labute approximate surface area is 97.1 Å². The standard InChI is InChI=1S/C8H3Cl2F3N2O/c9-4-1-3(16-8(11,12)13)2-5-6(4)15-7(10)14-5/h1-2H,(H,14,15). The topological polar surface area (TPSA) is 37.9 Å². The minimum absolute atomic E-state index is 0.0277. The molecule has 0 aliphatic carbocycles. The molecule has 0 aliphatic heterocycles. The molecule has 0 radical (unpaired) electrons. The lowest BCUT2D eigenvalue weighted by Gasteiger charge is -2.08. The molecule has 0 saturated heterocycles. The van der Waals surface area contributed by atoms with Gasteiger partial charge in [0.2, 0.25) is 5.28 Å². The largest absolute Gasteiger partial charge is 0.573 e. The minimum Gasteiger partial charge on any atom is -0.406 e. The monoisotopic (exact) mass is 270 g/mol. The molecule has 2 rings (SSSR count). The first kappa shape index (κ1) is 11.3. The van der Waals surface area contributed by atoms with E-state index in [1.54, 1.807) is 0 Å². The van der Waals surface area contributed by atoms with E-state index in [4.69, 9.17) is 23.2 Å². The van der Waals surface area contributed by atoms with Gasteiger partial charge in [0.15, 0.2) is 0 Å². The molecule has 0 fully saturated rings. The molecule has 0 unspecified atom stereocenters. The number of rotatable bonds is 1. The number of halogens is 5. The number of alkyl halides is 3. The van der Waals surface area contributed by atoms with Crippen molar-refractivity contribution in [2.45, 2.75) is 6.36 Å². The molecule has 0 amide bonds. The van der Waals surface area contributed by atoms with Crippen molar-refractivity contribution in [3.05, 3.63) is 22.4 Å². The van der Waals surface area contributed by atoms with Crippen LogP contribution in [0, 0.1) is 0 Å². The lowest BCUT2D eigenvalue weighted by Crippen LogP contribution is -2.17. The van der Waals surface area contributed by atoms with Gasteiger partial charge in [-0.25, -0.2) is 4.98 Å². The average molecular weight is 271 g/mol. The van der Waals surface area contributed by atoms with Crippen molar-refractivity contribution in [1.82, 2.24) is 9.97 Å². The van der Waals surface area contributed by atoms with Gasteiger partial charge in [0.25, 0.3) is 0 Å². The van der Waals surface area contributed by atoms with E-state index < -0.39 is 12.1 Å². The van der Waals surface area contributed by atoms with E-state index in [2.05, 4.69) is 14.7 Å². The summed E-state index contributed by atoms with van der Waals surface area (Å²) in [5, 5.41) is 0.0703. The van der Waals surface area contributed by atoms with Crippen LogP contribution in [0.2, 0.25) is 10.3 Å². The van der Waals surface area contributed by atoms with Crippen LogP contribution < -0.4 is 4.74 Å². The van der Waals surface area contributed by atoms with Crippen LogP contribution in [0.4, 0.5) is 13.2 Å². The van der Waals surface area contributed by atoms with Gasteiger partial charge >= 0.3 is 6.36 Å². The SMILES string of the molecule is FC(F)(F)Oc1cc(Cl)c2nc(Cl)[nH]c2c1. The second-order valence-corrected chi connectivity index (χ2v) is 3.64. The summed E-state index contributed by atoms with van der Waals surface area (Å²) in [5.41, 5.74) is 0.568. The number of benzene rings is 1. The number of H-pyrrole nitrogens is 1. The summed E-state index contributed by atoms with van der Waals surface area (Å²) in [6.45, 7) is 0. The number of nitrogens with one attached hydrogen (secondary N) is 1. The fraction of sp³-hybridized carbons (Fsp3) is 0.125. The molecule has 0 saturated carbocycles. The highest BCUT2D eigenvalue weighted by molar-refractivity contribution is 6.36. The second-order valence-electron chi connectivity index (χ2n) is 2.88. The van der Waals surface area contributed by atoms with Crippen molar-refractivity contribution in [2.24, 2.45) is 0 Å². The number of hydrogen-bond donors (Lipinski definition) is 1. The second kappa shape index (κ2) is 3.71. The van der Waals surface area contributed by atoms with Crippen LogP contribution in [0.25, 0.3) is 11.0 Å². The maximum atomic E-state index is 12.0. The Balaban J connectivity index is 2.49. The molecule has 3 nitrogen and oxygen atoms in total. The average Bonchev–Trinajstić information content (AvgIpc) is 2.42. The van der Waals surface area contributed by atoms with E-state index in [1.807, 2.05) is 0 Å². The zero-order valence-corrected chi connectivity index (χ0v) is 8.91. The number of hydrogen-bond acceptors (Lipinski definition) is 2. The molecule has 1 N–H and O–H groups in total. The summed E-state index contributed by atoms with van der Waals surface area (Å²) < 4.78 is 39.6. The van der Waals surface area contributed by atoms with Crippen molar-refractivity contribution in [2.75, 3.05) is 0 Å². The highest BCUT2D eigenvalue weighted by Gasteiger charge is 2.31. The lowest BCUT2D eigenvalue weighted by molar-refractivity contribution is -0.274. The molecular formula is C8H3Cl2F3N2O. The molecular weight excluding hydrogens is 268 g/mol. The van der Waals surface area contributed by atoms with Crippen LogP contribution in [0.5, 0.6) is 5.75 Å². The predicted octanol–water partition coefficient (Wildman–Crippen LogP) is 3.77. The Morgan fingerprint density at radius 3 is 2.56 bits per heavy atom. The zero-order chi connectivity index (χ0) is 11.9. The first-order chi connectivity index (χ1) is 7.35. The number of aromatic nitrogens is 2. The van der Waals surface area contributed by atoms with Crippen LogP contribution in [0.15, 0.2) is 12.1 Å². The van der Waals surface area contributed by atoms with Crippen LogP contribution in [0.1, 0.15) is 0 Å². The van der Waals surface area contributed by atoms with E-state index in [0.717, 1.165) is 12.1 Å². The molecule has 16 heavy (non-hydrogen) atoms. The summed E-state index contributed by atoms with van der Waals surface area (Å²) in [4.78, 5) is 6.34. The van der Waals surface area contributed by atoms with Gasteiger partial charge in [0.1, 0.15) is 11.3 Å². The van der Waals surface area contributed by atoms with Crippen molar-refractivity contribution in [3.8, 4) is 5.75 Å². The predicted molar refractivity (Wildman–Crippen MR) is 52.8 cm³/mol. The van der Waals surface area contributed by atoms with Crippen molar-refractivity contribution >= 4 is 34.2 Å². The highest BCUT2D eigenvalue weighted by Crippen LogP contribution is 2.31.